The molecule has 11 nitrogen and oxygen atoms in total. The Morgan fingerprint density at radius 3 is 2.60 bits per heavy atom. The minimum absolute atomic E-state index is 0.0752. The molecule has 0 spiro atoms. The lowest BCUT2D eigenvalue weighted by Crippen LogP contribution is -2.75. The quantitative estimate of drug-likeness (QED) is 0.311. The molecule has 0 radical (unpaired) electrons. The first kappa shape index (κ1) is 31.1. The highest BCUT2D eigenvalue weighted by molar-refractivity contribution is 6.35. The van der Waals surface area contributed by atoms with Gasteiger partial charge in [-0.1, -0.05) is 72.3 Å². The molecule has 2 heterocycles. The van der Waals surface area contributed by atoms with Crippen molar-refractivity contribution in [2.24, 2.45) is 0 Å². The van der Waals surface area contributed by atoms with Gasteiger partial charge in [-0.2, -0.15) is 0 Å². The summed E-state index contributed by atoms with van der Waals surface area (Å²) in [5.74, 6) is -0.537. The molecule has 2 saturated heterocycles. The molecule has 2 N–H and O–H groups in total. The number of urea groups is 1. The van der Waals surface area contributed by atoms with Crippen LogP contribution in [0.25, 0.3) is 0 Å². The number of rotatable bonds is 10. The Hall–Kier alpha value is -3.80. The number of alkyl carbamates (subject to hydrolysis) is 1. The van der Waals surface area contributed by atoms with Crippen LogP contribution in [0.3, 0.4) is 0 Å². The Morgan fingerprint density at radius 2 is 1.88 bits per heavy atom. The third-order valence-corrected chi connectivity index (χ3v) is 7.65. The summed E-state index contributed by atoms with van der Waals surface area (Å²) < 4.78 is 4.93. The number of halogens is 2. The molecular weight excluding hydrogens is 583 g/mol. The van der Waals surface area contributed by atoms with Gasteiger partial charge in [0.05, 0.1) is 13.1 Å². The molecule has 0 aromatic heterocycles. The molecule has 2 fully saturated rings. The lowest BCUT2D eigenvalue weighted by Gasteiger charge is -2.54. The first-order valence-corrected chi connectivity index (χ1v) is 14.3. The van der Waals surface area contributed by atoms with Crippen LogP contribution in [0.4, 0.5) is 9.59 Å². The summed E-state index contributed by atoms with van der Waals surface area (Å²) in [5.41, 5.74) is 1.61. The van der Waals surface area contributed by atoms with E-state index < -0.39 is 24.3 Å². The largest absolute Gasteiger partial charge is 0.445 e. The number of nitrogens with zero attached hydrogens (tertiary/aromatic N) is 4. The van der Waals surface area contributed by atoms with Gasteiger partial charge in [-0.25, -0.2) is 19.6 Å². The minimum atomic E-state index is -0.855. The van der Waals surface area contributed by atoms with Gasteiger partial charge in [0.1, 0.15) is 18.8 Å². The number of ether oxygens (including phenoxy) is 1. The maximum Gasteiger partial charge on any atom is 0.407 e. The van der Waals surface area contributed by atoms with Crippen molar-refractivity contribution < 1.29 is 23.9 Å². The van der Waals surface area contributed by atoms with Crippen LogP contribution in [-0.4, -0.2) is 89.3 Å². The van der Waals surface area contributed by atoms with E-state index in [1.54, 1.807) is 35.2 Å². The molecule has 0 bridgehead atoms. The highest BCUT2D eigenvalue weighted by Gasteiger charge is 2.50. The second-order valence-electron chi connectivity index (χ2n) is 10.0. The van der Waals surface area contributed by atoms with Crippen LogP contribution in [0.15, 0.2) is 61.2 Å². The molecule has 13 heteroatoms. The van der Waals surface area contributed by atoms with E-state index in [1.807, 2.05) is 30.3 Å². The molecule has 2 aliphatic rings. The third kappa shape index (κ3) is 7.53. The number of amides is 5. The lowest BCUT2D eigenvalue weighted by atomic mass is 10.0. The van der Waals surface area contributed by atoms with E-state index in [9.17, 15) is 19.2 Å². The van der Waals surface area contributed by atoms with Gasteiger partial charge >= 0.3 is 12.1 Å². The van der Waals surface area contributed by atoms with Gasteiger partial charge in [-0.3, -0.25) is 9.59 Å². The maximum absolute atomic E-state index is 13.9. The first-order valence-electron chi connectivity index (χ1n) is 13.6. The standard InChI is InChI=1S/C29H34Cl2N6O5/c1-3-14-42-29(41)32-13-7-10-24-27(39)35(17-21-11-12-22(30)15-23(21)31)18-25-36(24)26(38)19-34(2)37(25)28(40)33-16-20-8-5-4-6-9-20/h3-6,8-9,11-12,15,24-25H,1,7,10,13-14,16-19H2,2H3,(H,32,41)(H,33,40)/t24-,25-/m0/s1. The van der Waals surface area contributed by atoms with E-state index in [4.69, 9.17) is 27.9 Å². The molecule has 2 atom stereocenters. The molecule has 2 aromatic carbocycles. The Kier molecular flexibility index (Phi) is 10.7. The number of hydrogen-bond acceptors (Lipinski definition) is 6. The van der Waals surface area contributed by atoms with Crippen LogP contribution in [0.2, 0.25) is 10.0 Å². The summed E-state index contributed by atoms with van der Waals surface area (Å²) in [6.07, 6.45) is 0.756. The molecular formula is C29H34Cl2N6O5. The van der Waals surface area contributed by atoms with Gasteiger partial charge in [-0.05, 0) is 36.1 Å². The number of likely N-dealkylation sites (N-methyl/N-ethyl adjacent to an activating group) is 1. The highest BCUT2D eigenvalue weighted by Crippen LogP contribution is 2.30. The molecule has 5 amide bonds. The summed E-state index contributed by atoms with van der Waals surface area (Å²) in [6.45, 7) is 4.28. The summed E-state index contributed by atoms with van der Waals surface area (Å²) in [5, 5.41) is 9.51. The lowest BCUT2D eigenvalue weighted by molar-refractivity contribution is -0.188. The average Bonchev–Trinajstić information content (AvgIpc) is 2.96. The summed E-state index contributed by atoms with van der Waals surface area (Å²) in [7, 11) is 1.67. The predicted octanol–water partition coefficient (Wildman–Crippen LogP) is 3.62. The summed E-state index contributed by atoms with van der Waals surface area (Å²) in [4.78, 5) is 55.7. The van der Waals surface area contributed by atoms with Crippen molar-refractivity contribution >= 4 is 47.1 Å². The van der Waals surface area contributed by atoms with Gasteiger partial charge in [0.25, 0.3) is 0 Å². The second-order valence-corrected chi connectivity index (χ2v) is 10.9. The number of hydrogen-bond donors (Lipinski definition) is 2. The van der Waals surface area contributed by atoms with E-state index in [1.165, 1.54) is 16.0 Å². The van der Waals surface area contributed by atoms with Crippen LogP contribution in [-0.2, 0) is 27.4 Å². The molecule has 42 heavy (non-hydrogen) atoms. The number of benzene rings is 2. The zero-order chi connectivity index (χ0) is 30.2. The summed E-state index contributed by atoms with van der Waals surface area (Å²) >= 11 is 12.5. The number of nitrogens with one attached hydrogen (secondary N) is 2. The average molecular weight is 618 g/mol. The van der Waals surface area contributed by atoms with Crippen LogP contribution in [0, 0.1) is 0 Å². The number of hydrazine groups is 1. The van der Waals surface area contributed by atoms with Gasteiger partial charge in [-0.15, -0.1) is 0 Å². The smallest absolute Gasteiger partial charge is 0.407 e. The zero-order valence-electron chi connectivity index (χ0n) is 23.3. The van der Waals surface area contributed by atoms with Crippen LogP contribution in [0.1, 0.15) is 24.0 Å². The zero-order valence-corrected chi connectivity index (χ0v) is 24.8. The fourth-order valence-electron chi connectivity index (χ4n) is 5.11. The second kappa shape index (κ2) is 14.4. The van der Waals surface area contributed by atoms with E-state index in [0.717, 1.165) is 5.56 Å². The van der Waals surface area contributed by atoms with Crippen LogP contribution < -0.4 is 10.6 Å². The van der Waals surface area contributed by atoms with Gasteiger partial charge in [0, 0.05) is 36.7 Å². The molecule has 2 aliphatic heterocycles. The topological polar surface area (TPSA) is 115 Å². The maximum atomic E-state index is 13.9. The SMILES string of the molecule is C=CCOC(=O)NCCC[C@H]1C(=O)N(Cc2ccc(Cl)cc2Cl)C[C@H]2N1C(=O)CN(C)N2C(=O)NCc1ccccc1. The Morgan fingerprint density at radius 1 is 1.12 bits per heavy atom. The fourth-order valence-corrected chi connectivity index (χ4v) is 5.57. The van der Waals surface area contributed by atoms with Crippen molar-refractivity contribution in [2.75, 3.05) is 33.3 Å². The highest BCUT2D eigenvalue weighted by atomic mass is 35.5. The number of carbonyl (C=O) groups excluding carboxylic acids is 4. The van der Waals surface area contributed by atoms with Crippen LogP contribution in [0.5, 0.6) is 0 Å². The van der Waals surface area contributed by atoms with Crippen molar-refractivity contribution in [2.45, 2.75) is 38.1 Å². The van der Waals surface area contributed by atoms with E-state index in [-0.39, 0.29) is 51.0 Å². The Bertz CT molecular complexity index is 1310. The Balaban J connectivity index is 1.56. The molecule has 0 unspecified atom stereocenters. The van der Waals surface area contributed by atoms with Gasteiger partial charge in [0.15, 0.2) is 0 Å². The minimum Gasteiger partial charge on any atom is -0.445 e. The van der Waals surface area contributed by atoms with Crippen molar-refractivity contribution in [3.63, 3.8) is 0 Å². The Labute approximate surface area is 254 Å². The van der Waals surface area contributed by atoms with Crippen molar-refractivity contribution in [1.82, 2.24) is 30.5 Å². The molecule has 0 aliphatic carbocycles. The van der Waals surface area contributed by atoms with Gasteiger partial charge in [0.2, 0.25) is 11.8 Å². The fraction of sp³-hybridized carbons (Fsp3) is 0.379. The molecule has 2 aromatic rings. The van der Waals surface area contributed by atoms with E-state index in [2.05, 4.69) is 17.2 Å². The first-order chi connectivity index (χ1) is 20.2. The number of fused-ring (bicyclic) bond motifs is 1. The van der Waals surface area contributed by atoms with Crippen molar-refractivity contribution in [3.05, 3.63) is 82.4 Å². The normalized spacial score (nSPS) is 18.9. The van der Waals surface area contributed by atoms with Crippen molar-refractivity contribution in [3.8, 4) is 0 Å². The molecule has 4 rings (SSSR count). The van der Waals surface area contributed by atoms with Crippen molar-refractivity contribution in [1.29, 1.82) is 0 Å². The molecule has 224 valence electrons. The summed E-state index contributed by atoms with van der Waals surface area (Å²) in [6, 6.07) is 13.3. The van der Waals surface area contributed by atoms with Gasteiger partial charge < -0.3 is 25.2 Å². The third-order valence-electron chi connectivity index (χ3n) is 7.07. The number of carbonyl (C=O) groups is 4. The van der Waals surface area contributed by atoms with E-state index in [0.29, 0.717) is 28.6 Å². The monoisotopic (exact) mass is 616 g/mol. The number of piperazine rings is 1. The van der Waals surface area contributed by atoms with Crippen LogP contribution >= 0.6 is 23.2 Å². The molecule has 0 saturated carbocycles. The predicted molar refractivity (Wildman–Crippen MR) is 158 cm³/mol. The van der Waals surface area contributed by atoms with E-state index >= 15 is 0 Å².